The minimum Gasteiger partial charge on any atom is -0.245 e. The molecule has 0 unspecified atom stereocenters. The summed E-state index contributed by atoms with van der Waals surface area (Å²) in [5.74, 6) is 0. The van der Waals surface area contributed by atoms with Gasteiger partial charge >= 0.3 is 10.5 Å². The molecule has 0 aromatic rings. The first-order chi connectivity index (χ1) is 5.49. The van der Waals surface area contributed by atoms with Gasteiger partial charge < -0.3 is 0 Å². The molecule has 0 amide bonds. The van der Waals surface area contributed by atoms with Crippen molar-refractivity contribution in [2.45, 2.75) is 38.0 Å². The lowest BCUT2D eigenvalue weighted by atomic mass is 9.96. The van der Waals surface area contributed by atoms with Gasteiger partial charge in [-0.2, -0.15) is 8.42 Å². The van der Waals surface area contributed by atoms with Crippen LogP contribution in [0.4, 0.5) is 8.28 Å². The maximum atomic E-state index is 12.8. The summed E-state index contributed by atoms with van der Waals surface area (Å²) in [5, 5.41) is 0. The van der Waals surface area contributed by atoms with Crippen LogP contribution in [0.3, 0.4) is 0 Å². The van der Waals surface area contributed by atoms with Crippen LogP contribution in [0.15, 0.2) is 0 Å². The van der Waals surface area contributed by atoms with Crippen LogP contribution in [-0.2, 0) is 14.7 Å². The first-order valence-electron chi connectivity index (χ1n) is 3.76. The number of rotatable bonds is 2. The quantitative estimate of drug-likeness (QED) is 0.634. The molecule has 1 saturated carbocycles. The molecule has 0 aromatic carbocycles. The summed E-state index contributed by atoms with van der Waals surface area (Å²) in [5.41, 5.74) is 0. The number of hydrogen-bond donors (Lipinski definition) is 0. The van der Waals surface area contributed by atoms with Crippen molar-refractivity contribution >= 4 is 10.5 Å². The first kappa shape index (κ1) is 9.85. The molecule has 0 aromatic heterocycles. The molecule has 0 bridgehead atoms. The van der Waals surface area contributed by atoms with Crippen molar-refractivity contribution in [2.24, 2.45) is 0 Å². The average molecular weight is 200 g/mol. The third kappa shape index (κ3) is 3.02. The Labute approximate surface area is 70.1 Å². The molecule has 1 aliphatic rings. The van der Waals surface area contributed by atoms with Gasteiger partial charge in [-0.3, -0.25) is 0 Å². The largest absolute Gasteiger partial charge is 0.437 e. The fourth-order valence-electron chi connectivity index (χ4n) is 1.31. The molecule has 12 heavy (non-hydrogen) atoms. The monoisotopic (exact) mass is 200 g/mol. The van der Waals surface area contributed by atoms with E-state index < -0.39 is 22.8 Å². The van der Waals surface area contributed by atoms with Crippen molar-refractivity contribution in [2.75, 3.05) is 0 Å². The van der Waals surface area contributed by atoms with E-state index in [1.165, 1.54) is 0 Å². The highest BCUT2D eigenvalue weighted by Crippen LogP contribution is 2.25. The van der Waals surface area contributed by atoms with Gasteiger partial charge in [-0.15, -0.1) is 0 Å². The highest BCUT2D eigenvalue weighted by molar-refractivity contribution is 7.81. The van der Waals surface area contributed by atoms with Crippen LogP contribution < -0.4 is 0 Å². The van der Waals surface area contributed by atoms with Gasteiger partial charge in [0.2, 0.25) is 0 Å². The predicted molar refractivity (Wildman–Crippen MR) is 38.3 cm³/mol. The van der Waals surface area contributed by atoms with E-state index in [0.29, 0.717) is 12.8 Å². The molecule has 6 heteroatoms. The molecule has 0 radical (unpaired) electrons. The van der Waals surface area contributed by atoms with Gasteiger partial charge in [0.15, 0.2) is 0 Å². The summed E-state index contributed by atoms with van der Waals surface area (Å²) in [7, 11) is -5.00. The fourth-order valence-corrected chi connectivity index (χ4v) is 1.82. The van der Waals surface area contributed by atoms with Crippen molar-refractivity contribution in [3.05, 3.63) is 0 Å². The van der Waals surface area contributed by atoms with E-state index in [4.69, 9.17) is 0 Å². The number of halogens is 2. The molecule has 0 spiro atoms. The van der Waals surface area contributed by atoms with Gasteiger partial charge in [0.1, 0.15) is 12.3 Å². The smallest absolute Gasteiger partial charge is 0.245 e. The average Bonchev–Trinajstić information content (AvgIpc) is 1.91. The summed E-state index contributed by atoms with van der Waals surface area (Å²) in [6.07, 6.45) is -0.573. The predicted octanol–water partition coefficient (Wildman–Crippen LogP) is 1.50. The number of alkyl halides is 1. The van der Waals surface area contributed by atoms with Crippen LogP contribution in [0, 0.1) is 0 Å². The normalized spacial score (nSPS) is 31.8. The van der Waals surface area contributed by atoms with Gasteiger partial charge in [0, 0.05) is 0 Å². The van der Waals surface area contributed by atoms with Crippen LogP contribution in [0.2, 0.25) is 0 Å². The van der Waals surface area contributed by atoms with E-state index >= 15 is 0 Å². The van der Waals surface area contributed by atoms with Crippen LogP contribution in [0.25, 0.3) is 0 Å². The Balaban J connectivity index is 2.50. The van der Waals surface area contributed by atoms with E-state index in [0.717, 1.165) is 0 Å². The molecule has 2 atom stereocenters. The molecular formula is C6H10F2O3S. The van der Waals surface area contributed by atoms with Crippen LogP contribution in [-0.4, -0.2) is 20.7 Å². The van der Waals surface area contributed by atoms with Crippen molar-refractivity contribution < 1.29 is 20.9 Å². The lowest BCUT2D eigenvalue weighted by molar-refractivity contribution is 0.0635. The zero-order valence-corrected chi connectivity index (χ0v) is 7.19. The third-order valence-corrected chi connectivity index (χ3v) is 2.34. The zero-order valence-electron chi connectivity index (χ0n) is 6.37. The van der Waals surface area contributed by atoms with Crippen molar-refractivity contribution in [3.63, 3.8) is 0 Å². The SMILES string of the molecule is O=S(=O)(F)O[C@H]1CCCC[C@@H]1F. The highest BCUT2D eigenvalue weighted by atomic mass is 32.3. The van der Waals surface area contributed by atoms with Crippen molar-refractivity contribution in [3.8, 4) is 0 Å². The van der Waals surface area contributed by atoms with Crippen LogP contribution in [0.1, 0.15) is 25.7 Å². The molecule has 0 aliphatic heterocycles. The Morgan fingerprint density at radius 3 is 2.33 bits per heavy atom. The third-order valence-electron chi connectivity index (χ3n) is 1.86. The Morgan fingerprint density at radius 1 is 1.25 bits per heavy atom. The summed E-state index contributed by atoms with van der Waals surface area (Å²) < 4.78 is 48.7. The van der Waals surface area contributed by atoms with Gasteiger partial charge in [-0.25, -0.2) is 8.57 Å². The molecule has 1 aliphatic carbocycles. The standard InChI is InChI=1S/C6H10F2O3S/c7-5-3-1-2-4-6(5)11-12(8,9)10/h5-6H,1-4H2/t5-,6-/m0/s1. The Bertz CT molecular complexity index is 239. The summed E-state index contributed by atoms with van der Waals surface area (Å²) >= 11 is 0. The van der Waals surface area contributed by atoms with E-state index in [2.05, 4.69) is 4.18 Å². The lowest BCUT2D eigenvalue weighted by Crippen LogP contribution is -2.30. The fraction of sp³-hybridized carbons (Fsp3) is 1.00. The minimum absolute atomic E-state index is 0.250. The summed E-state index contributed by atoms with van der Waals surface area (Å²) in [6.45, 7) is 0. The van der Waals surface area contributed by atoms with Crippen LogP contribution in [0.5, 0.6) is 0 Å². The highest BCUT2D eigenvalue weighted by Gasteiger charge is 2.29. The summed E-state index contributed by atoms with van der Waals surface area (Å²) in [4.78, 5) is 0. The molecule has 1 fully saturated rings. The summed E-state index contributed by atoms with van der Waals surface area (Å²) in [6, 6.07) is 0. The van der Waals surface area contributed by atoms with E-state index in [1.54, 1.807) is 0 Å². The first-order valence-corrected chi connectivity index (χ1v) is 5.07. The maximum absolute atomic E-state index is 12.8. The van der Waals surface area contributed by atoms with Gasteiger partial charge in [0.25, 0.3) is 0 Å². The Hall–Kier alpha value is -0.230. The van der Waals surface area contributed by atoms with E-state index in [9.17, 15) is 16.7 Å². The minimum atomic E-state index is -5.00. The number of hydrogen-bond acceptors (Lipinski definition) is 3. The molecule has 1 rings (SSSR count). The molecule has 3 nitrogen and oxygen atoms in total. The van der Waals surface area contributed by atoms with Gasteiger partial charge in [-0.1, -0.05) is 16.7 Å². The Kier molecular flexibility index (Phi) is 3.00. The van der Waals surface area contributed by atoms with E-state index in [1.807, 2.05) is 0 Å². The van der Waals surface area contributed by atoms with E-state index in [-0.39, 0.29) is 12.8 Å². The second kappa shape index (κ2) is 3.66. The van der Waals surface area contributed by atoms with Crippen molar-refractivity contribution in [1.29, 1.82) is 0 Å². The second-order valence-electron chi connectivity index (χ2n) is 2.83. The topological polar surface area (TPSA) is 43.4 Å². The zero-order chi connectivity index (χ0) is 9.19. The Morgan fingerprint density at radius 2 is 1.83 bits per heavy atom. The molecule has 0 heterocycles. The van der Waals surface area contributed by atoms with Crippen LogP contribution >= 0.6 is 0 Å². The molecular weight excluding hydrogens is 190 g/mol. The van der Waals surface area contributed by atoms with Gasteiger partial charge in [0.05, 0.1) is 0 Å². The molecule has 0 saturated heterocycles. The molecule has 0 N–H and O–H groups in total. The van der Waals surface area contributed by atoms with Crippen molar-refractivity contribution in [1.82, 2.24) is 0 Å². The second-order valence-corrected chi connectivity index (χ2v) is 3.81. The maximum Gasteiger partial charge on any atom is 0.437 e. The van der Waals surface area contributed by atoms with Gasteiger partial charge in [-0.05, 0) is 12.8 Å². The molecule has 72 valence electrons. The lowest BCUT2D eigenvalue weighted by Gasteiger charge is -2.23.